The van der Waals surface area contributed by atoms with Crippen molar-refractivity contribution in [1.82, 2.24) is 0 Å². The molecule has 0 aromatic heterocycles. The second-order valence-corrected chi connectivity index (χ2v) is 10.6. The molecule has 3 aromatic rings. The van der Waals surface area contributed by atoms with Crippen LogP contribution in [0.4, 0.5) is 0 Å². The number of rotatable bonds is 11. The molecule has 1 aliphatic heterocycles. The molecule has 1 saturated heterocycles. The summed E-state index contributed by atoms with van der Waals surface area (Å²) in [5.41, 5.74) is 2.13. The van der Waals surface area contributed by atoms with Gasteiger partial charge in [-0.25, -0.2) is 4.79 Å². The van der Waals surface area contributed by atoms with E-state index in [9.17, 15) is 9.90 Å². The van der Waals surface area contributed by atoms with Gasteiger partial charge in [0.1, 0.15) is 30.0 Å². The van der Waals surface area contributed by atoms with Crippen LogP contribution in [0.5, 0.6) is 0 Å². The molecule has 0 amide bonds. The lowest BCUT2D eigenvalue weighted by atomic mass is 9.93. The number of hydrogen-bond acceptors (Lipinski definition) is 7. The number of carbonyl (C=O) groups is 1. The fourth-order valence-corrected chi connectivity index (χ4v) is 4.48. The van der Waals surface area contributed by atoms with Crippen molar-refractivity contribution in [3.05, 3.63) is 108 Å². The zero-order chi connectivity index (χ0) is 27.7. The molecule has 0 radical (unpaired) electrons. The predicted molar refractivity (Wildman–Crippen MR) is 147 cm³/mol. The van der Waals surface area contributed by atoms with Crippen molar-refractivity contribution in [2.24, 2.45) is 0 Å². The van der Waals surface area contributed by atoms with Gasteiger partial charge in [-0.15, -0.1) is 0 Å². The monoisotopic (exact) mass is 534 g/mol. The highest BCUT2D eigenvalue weighted by Crippen LogP contribution is 2.32. The highest BCUT2D eigenvalue weighted by atomic mass is 16.6. The van der Waals surface area contributed by atoms with Crippen LogP contribution in [0.2, 0.25) is 0 Å². The van der Waals surface area contributed by atoms with Crippen LogP contribution in [-0.2, 0) is 48.3 Å². The third kappa shape index (κ3) is 8.46. The third-order valence-corrected chi connectivity index (χ3v) is 6.31. The molecule has 1 heterocycles. The highest BCUT2D eigenvalue weighted by Gasteiger charge is 2.51. The molecule has 1 aliphatic rings. The van der Waals surface area contributed by atoms with Crippen LogP contribution in [0.3, 0.4) is 0 Å². The Morgan fingerprint density at radius 2 is 1.10 bits per heavy atom. The van der Waals surface area contributed by atoms with Gasteiger partial charge in [0.15, 0.2) is 6.10 Å². The molecule has 0 spiro atoms. The van der Waals surface area contributed by atoms with E-state index < -0.39 is 42.1 Å². The summed E-state index contributed by atoms with van der Waals surface area (Å²) in [6.45, 7) is 5.80. The summed E-state index contributed by atoms with van der Waals surface area (Å²) in [4.78, 5) is 13.4. The maximum absolute atomic E-state index is 13.4. The Morgan fingerprint density at radius 1 is 0.692 bits per heavy atom. The van der Waals surface area contributed by atoms with Crippen LogP contribution in [0.25, 0.3) is 0 Å². The van der Waals surface area contributed by atoms with Gasteiger partial charge in [0.05, 0.1) is 26.4 Å². The standard InChI is InChI=1S/C32H38O7/c1-32(2,3)39-31(34)30-29(37-22-25-17-11-6-12-18-25)28(36-21-24-15-9-5-10-16-24)27(26(19-33)38-30)35-20-23-13-7-4-8-14-23/h4-18,26-30,33H,19-22H2,1-3H3/t26-,27-,28+,29-,30-/m0/s1. The first-order valence-corrected chi connectivity index (χ1v) is 13.3. The molecule has 0 bridgehead atoms. The predicted octanol–water partition coefficient (Wildman–Crippen LogP) is 4.84. The molecule has 3 aromatic carbocycles. The summed E-state index contributed by atoms with van der Waals surface area (Å²) < 4.78 is 31.1. The lowest BCUT2D eigenvalue weighted by Gasteiger charge is -2.45. The number of carbonyl (C=O) groups excluding carboxylic acids is 1. The van der Waals surface area contributed by atoms with E-state index in [4.69, 9.17) is 23.7 Å². The molecule has 39 heavy (non-hydrogen) atoms. The van der Waals surface area contributed by atoms with Crippen molar-refractivity contribution in [2.75, 3.05) is 6.61 Å². The Hall–Kier alpha value is -3.07. The minimum atomic E-state index is -1.12. The minimum Gasteiger partial charge on any atom is -0.458 e. The van der Waals surface area contributed by atoms with Gasteiger partial charge in [0.2, 0.25) is 0 Å². The van der Waals surface area contributed by atoms with Crippen LogP contribution in [-0.4, -0.2) is 53.8 Å². The molecule has 7 nitrogen and oxygen atoms in total. The smallest absolute Gasteiger partial charge is 0.338 e. The summed E-state index contributed by atoms with van der Waals surface area (Å²) in [5, 5.41) is 10.3. The Kier molecular flexibility index (Phi) is 10.3. The van der Waals surface area contributed by atoms with E-state index in [1.807, 2.05) is 91.0 Å². The van der Waals surface area contributed by atoms with Crippen molar-refractivity contribution < 1.29 is 33.6 Å². The average Bonchev–Trinajstić information content (AvgIpc) is 2.94. The number of aliphatic hydroxyl groups excluding tert-OH is 1. The van der Waals surface area contributed by atoms with Crippen molar-refractivity contribution in [1.29, 1.82) is 0 Å². The quantitative estimate of drug-likeness (QED) is 0.352. The average molecular weight is 535 g/mol. The Morgan fingerprint density at radius 3 is 1.51 bits per heavy atom. The first kappa shape index (κ1) is 28.9. The molecular weight excluding hydrogens is 496 g/mol. The van der Waals surface area contributed by atoms with Gasteiger partial charge < -0.3 is 28.8 Å². The molecular formula is C32H38O7. The normalized spacial score (nSPS) is 23.3. The molecule has 0 unspecified atom stereocenters. The van der Waals surface area contributed by atoms with E-state index in [2.05, 4.69) is 0 Å². The van der Waals surface area contributed by atoms with Crippen LogP contribution in [0.15, 0.2) is 91.0 Å². The highest BCUT2D eigenvalue weighted by molar-refractivity contribution is 5.76. The minimum absolute atomic E-state index is 0.231. The SMILES string of the molecule is CC(C)(C)OC(=O)[C@H]1O[C@@H](CO)[C@H](OCc2ccccc2)[C@@H](OCc2ccccc2)[C@@H]1OCc1ccccc1. The fraction of sp³-hybridized carbons (Fsp3) is 0.406. The van der Waals surface area contributed by atoms with Crippen molar-refractivity contribution in [2.45, 2.75) is 76.7 Å². The van der Waals surface area contributed by atoms with Gasteiger partial charge in [-0.05, 0) is 37.5 Å². The first-order valence-electron chi connectivity index (χ1n) is 13.3. The maximum Gasteiger partial charge on any atom is 0.338 e. The first-order chi connectivity index (χ1) is 18.8. The maximum atomic E-state index is 13.4. The molecule has 0 saturated carbocycles. The molecule has 208 valence electrons. The number of esters is 1. The Bertz CT molecular complexity index is 1130. The van der Waals surface area contributed by atoms with Gasteiger partial charge in [0, 0.05) is 0 Å². The lowest BCUT2D eigenvalue weighted by molar-refractivity contribution is -0.272. The largest absolute Gasteiger partial charge is 0.458 e. The summed E-state index contributed by atoms with van der Waals surface area (Å²) in [7, 11) is 0. The van der Waals surface area contributed by atoms with E-state index in [-0.39, 0.29) is 26.4 Å². The number of hydrogen-bond donors (Lipinski definition) is 1. The molecule has 4 rings (SSSR count). The number of aliphatic hydroxyl groups is 1. The van der Waals surface area contributed by atoms with Crippen molar-refractivity contribution in [3.63, 3.8) is 0 Å². The second-order valence-electron chi connectivity index (χ2n) is 10.6. The summed E-state index contributed by atoms with van der Waals surface area (Å²) in [6.07, 6.45) is -4.25. The second kappa shape index (κ2) is 13.8. The number of benzene rings is 3. The van der Waals surface area contributed by atoms with E-state index >= 15 is 0 Å². The van der Waals surface area contributed by atoms with Crippen LogP contribution < -0.4 is 0 Å². The summed E-state index contributed by atoms with van der Waals surface area (Å²) in [6, 6.07) is 29.2. The summed E-state index contributed by atoms with van der Waals surface area (Å²) >= 11 is 0. The fourth-order valence-electron chi connectivity index (χ4n) is 4.48. The zero-order valence-electron chi connectivity index (χ0n) is 22.8. The Balaban J connectivity index is 1.65. The van der Waals surface area contributed by atoms with Gasteiger partial charge in [-0.2, -0.15) is 0 Å². The third-order valence-electron chi connectivity index (χ3n) is 6.31. The molecule has 1 N–H and O–H groups in total. The lowest BCUT2D eigenvalue weighted by Crippen LogP contribution is -2.63. The Labute approximate surface area is 230 Å². The molecule has 0 aliphatic carbocycles. The number of ether oxygens (including phenoxy) is 5. The van der Waals surface area contributed by atoms with E-state index in [0.29, 0.717) is 0 Å². The van der Waals surface area contributed by atoms with Gasteiger partial charge in [0.25, 0.3) is 0 Å². The zero-order valence-corrected chi connectivity index (χ0v) is 22.8. The van der Waals surface area contributed by atoms with Crippen molar-refractivity contribution >= 4 is 5.97 Å². The molecule has 1 fully saturated rings. The van der Waals surface area contributed by atoms with E-state index in [0.717, 1.165) is 16.7 Å². The topological polar surface area (TPSA) is 83.5 Å². The van der Waals surface area contributed by atoms with Crippen LogP contribution >= 0.6 is 0 Å². The van der Waals surface area contributed by atoms with Crippen molar-refractivity contribution in [3.8, 4) is 0 Å². The van der Waals surface area contributed by atoms with Crippen LogP contribution in [0, 0.1) is 0 Å². The van der Waals surface area contributed by atoms with Gasteiger partial charge >= 0.3 is 5.97 Å². The van der Waals surface area contributed by atoms with Gasteiger partial charge in [-0.3, -0.25) is 0 Å². The molecule has 5 atom stereocenters. The van der Waals surface area contributed by atoms with E-state index in [1.165, 1.54) is 0 Å². The van der Waals surface area contributed by atoms with Gasteiger partial charge in [-0.1, -0.05) is 91.0 Å². The molecule has 7 heteroatoms. The van der Waals surface area contributed by atoms with E-state index in [1.54, 1.807) is 20.8 Å². The summed E-state index contributed by atoms with van der Waals surface area (Å²) in [5.74, 6) is -0.575. The van der Waals surface area contributed by atoms with Crippen LogP contribution in [0.1, 0.15) is 37.5 Å².